The second kappa shape index (κ2) is 3.83. The van der Waals surface area contributed by atoms with Gasteiger partial charge < -0.3 is 16.5 Å². The van der Waals surface area contributed by atoms with Crippen molar-refractivity contribution in [2.45, 2.75) is 0 Å². The van der Waals surface area contributed by atoms with Gasteiger partial charge >= 0.3 is 0 Å². The summed E-state index contributed by atoms with van der Waals surface area (Å²) >= 11 is 0. The monoisotopic (exact) mass is 201 g/mol. The summed E-state index contributed by atoms with van der Waals surface area (Å²) in [4.78, 5) is 3.17. The number of fused-ring (bicyclic) bond motifs is 1. The Labute approximate surface area is 86.5 Å². The van der Waals surface area contributed by atoms with Crippen LogP contribution in [-0.2, 0) is 0 Å². The molecule has 0 atom stereocenters. The third-order valence-electron chi connectivity index (χ3n) is 1.92. The number of H-pyrrole nitrogens is 1. The van der Waals surface area contributed by atoms with E-state index in [2.05, 4.69) is 15.2 Å². The van der Waals surface area contributed by atoms with Crippen LogP contribution in [0.25, 0.3) is 10.9 Å². The fraction of sp³-hybridized carbons (Fsp3) is 0. The number of aromatic nitrogens is 1. The number of hydrogen-bond acceptors (Lipinski definition) is 2. The van der Waals surface area contributed by atoms with Crippen molar-refractivity contribution >= 4 is 23.1 Å². The van der Waals surface area contributed by atoms with Crippen LogP contribution in [0.2, 0.25) is 0 Å². The van der Waals surface area contributed by atoms with Crippen LogP contribution in [0, 0.1) is 0 Å². The number of benzene rings is 1. The molecule has 0 unspecified atom stereocenters. The standard InChI is InChI=1S/C10H11N5/c11-10(12)15-13-6-8-5-7-3-1-2-4-9(7)14-8/h1-6,14H,(H4,11,12,15)/b13-6+. The molecule has 1 aromatic carbocycles. The zero-order valence-electron chi connectivity index (χ0n) is 8.01. The lowest BCUT2D eigenvalue weighted by molar-refractivity contribution is 1.21. The van der Waals surface area contributed by atoms with Crippen LogP contribution < -0.4 is 11.5 Å². The van der Waals surface area contributed by atoms with Gasteiger partial charge in [-0.05, 0) is 12.1 Å². The maximum Gasteiger partial charge on any atom is 0.211 e. The number of para-hydroxylation sites is 1. The van der Waals surface area contributed by atoms with E-state index >= 15 is 0 Å². The van der Waals surface area contributed by atoms with Gasteiger partial charge in [0.25, 0.3) is 0 Å². The smallest absolute Gasteiger partial charge is 0.211 e. The van der Waals surface area contributed by atoms with Gasteiger partial charge in [-0.25, -0.2) is 0 Å². The highest BCUT2D eigenvalue weighted by molar-refractivity contribution is 5.89. The summed E-state index contributed by atoms with van der Waals surface area (Å²) in [5, 5.41) is 8.36. The molecule has 0 radical (unpaired) electrons. The Morgan fingerprint density at radius 1 is 1.27 bits per heavy atom. The van der Waals surface area contributed by atoms with Crippen molar-refractivity contribution < 1.29 is 0 Å². The van der Waals surface area contributed by atoms with Crippen LogP contribution in [0.15, 0.2) is 40.5 Å². The average molecular weight is 201 g/mol. The van der Waals surface area contributed by atoms with Crippen molar-refractivity contribution in [3.8, 4) is 0 Å². The van der Waals surface area contributed by atoms with E-state index in [0.29, 0.717) is 0 Å². The molecule has 5 nitrogen and oxygen atoms in total. The average Bonchev–Trinajstić information content (AvgIpc) is 2.59. The topological polar surface area (TPSA) is 92.6 Å². The molecule has 0 spiro atoms. The van der Waals surface area contributed by atoms with E-state index in [9.17, 15) is 0 Å². The first-order chi connectivity index (χ1) is 7.25. The van der Waals surface area contributed by atoms with Crippen LogP contribution in [0.1, 0.15) is 5.69 Å². The SMILES string of the molecule is NC(N)=N/N=C/c1cc2ccccc2[nH]1. The Kier molecular flexibility index (Phi) is 2.37. The van der Waals surface area contributed by atoms with E-state index in [1.54, 1.807) is 6.21 Å². The predicted molar refractivity (Wildman–Crippen MR) is 61.7 cm³/mol. The van der Waals surface area contributed by atoms with Gasteiger partial charge in [0, 0.05) is 10.9 Å². The van der Waals surface area contributed by atoms with Gasteiger partial charge in [0.15, 0.2) is 0 Å². The van der Waals surface area contributed by atoms with E-state index in [1.807, 2.05) is 30.3 Å². The first-order valence-corrected chi connectivity index (χ1v) is 4.45. The molecular weight excluding hydrogens is 190 g/mol. The molecule has 0 bridgehead atoms. The van der Waals surface area contributed by atoms with E-state index in [4.69, 9.17) is 11.5 Å². The van der Waals surface area contributed by atoms with Crippen LogP contribution >= 0.6 is 0 Å². The quantitative estimate of drug-likeness (QED) is 0.380. The number of nitrogens with zero attached hydrogens (tertiary/aromatic N) is 2. The predicted octanol–water partition coefficient (Wildman–Crippen LogP) is 0.775. The van der Waals surface area contributed by atoms with Gasteiger partial charge in [0.1, 0.15) is 0 Å². The van der Waals surface area contributed by atoms with Crippen molar-refractivity contribution in [2.75, 3.05) is 0 Å². The normalized spacial score (nSPS) is 10.9. The molecule has 5 N–H and O–H groups in total. The summed E-state index contributed by atoms with van der Waals surface area (Å²) in [6, 6.07) is 9.93. The lowest BCUT2D eigenvalue weighted by atomic mass is 10.2. The fourth-order valence-electron chi connectivity index (χ4n) is 1.32. The summed E-state index contributed by atoms with van der Waals surface area (Å²) in [5.41, 5.74) is 12.2. The molecule has 0 aliphatic rings. The zero-order valence-corrected chi connectivity index (χ0v) is 8.01. The van der Waals surface area contributed by atoms with E-state index in [-0.39, 0.29) is 5.96 Å². The van der Waals surface area contributed by atoms with Gasteiger partial charge in [-0.15, -0.1) is 5.10 Å². The molecule has 0 amide bonds. The summed E-state index contributed by atoms with van der Waals surface area (Å²) in [6.45, 7) is 0. The Hall–Kier alpha value is -2.30. The van der Waals surface area contributed by atoms with Crippen molar-refractivity contribution in [3.63, 3.8) is 0 Å². The van der Waals surface area contributed by atoms with Crippen LogP contribution in [0.3, 0.4) is 0 Å². The highest BCUT2D eigenvalue weighted by atomic mass is 15.3. The minimum atomic E-state index is -0.0534. The van der Waals surface area contributed by atoms with Crippen molar-refractivity contribution in [1.82, 2.24) is 4.98 Å². The third-order valence-corrected chi connectivity index (χ3v) is 1.92. The van der Waals surface area contributed by atoms with Crippen LogP contribution in [0.5, 0.6) is 0 Å². The molecule has 0 aliphatic carbocycles. The van der Waals surface area contributed by atoms with Crippen molar-refractivity contribution in [2.24, 2.45) is 21.7 Å². The second-order valence-electron chi connectivity index (χ2n) is 3.08. The van der Waals surface area contributed by atoms with Crippen molar-refractivity contribution in [1.29, 1.82) is 0 Å². The lowest BCUT2D eigenvalue weighted by Gasteiger charge is -1.84. The largest absolute Gasteiger partial charge is 0.369 e. The molecule has 1 heterocycles. The van der Waals surface area contributed by atoms with E-state index in [0.717, 1.165) is 16.6 Å². The number of nitrogens with two attached hydrogens (primary N) is 2. The van der Waals surface area contributed by atoms with Crippen molar-refractivity contribution in [3.05, 3.63) is 36.0 Å². The summed E-state index contributed by atoms with van der Waals surface area (Å²) in [5.74, 6) is -0.0534. The molecule has 0 saturated carbocycles. The molecule has 1 aromatic heterocycles. The first-order valence-electron chi connectivity index (χ1n) is 4.45. The molecule has 2 rings (SSSR count). The Morgan fingerprint density at radius 2 is 2.07 bits per heavy atom. The highest BCUT2D eigenvalue weighted by Crippen LogP contribution is 2.13. The Morgan fingerprint density at radius 3 is 2.80 bits per heavy atom. The van der Waals surface area contributed by atoms with Gasteiger partial charge in [-0.1, -0.05) is 18.2 Å². The van der Waals surface area contributed by atoms with Crippen LogP contribution in [0.4, 0.5) is 0 Å². The van der Waals surface area contributed by atoms with Gasteiger partial charge in [0.2, 0.25) is 5.96 Å². The first kappa shape index (κ1) is 9.26. The second-order valence-corrected chi connectivity index (χ2v) is 3.08. The number of hydrogen-bond donors (Lipinski definition) is 3. The van der Waals surface area contributed by atoms with Gasteiger partial charge in [0.05, 0.1) is 11.9 Å². The maximum absolute atomic E-state index is 5.14. The minimum absolute atomic E-state index is 0.0534. The van der Waals surface area contributed by atoms with Crippen LogP contribution in [-0.4, -0.2) is 17.2 Å². The highest BCUT2D eigenvalue weighted by Gasteiger charge is 1.95. The lowest BCUT2D eigenvalue weighted by Crippen LogP contribution is -2.21. The Bertz CT molecular complexity index is 486. The molecule has 76 valence electrons. The summed E-state index contributed by atoms with van der Waals surface area (Å²) in [7, 11) is 0. The number of guanidine groups is 1. The number of nitrogens with one attached hydrogen (secondary N) is 1. The molecule has 15 heavy (non-hydrogen) atoms. The number of aromatic amines is 1. The molecule has 0 fully saturated rings. The molecule has 0 aliphatic heterocycles. The van der Waals surface area contributed by atoms with Gasteiger partial charge in [-0.3, -0.25) is 0 Å². The third kappa shape index (κ3) is 2.14. The van der Waals surface area contributed by atoms with Gasteiger partial charge in [-0.2, -0.15) is 5.10 Å². The Balaban J connectivity index is 2.30. The van der Waals surface area contributed by atoms with E-state index in [1.165, 1.54) is 0 Å². The summed E-state index contributed by atoms with van der Waals surface area (Å²) < 4.78 is 0. The molecular formula is C10H11N5. The molecule has 0 saturated heterocycles. The number of rotatable bonds is 2. The fourth-order valence-corrected chi connectivity index (χ4v) is 1.32. The molecule has 2 aromatic rings. The minimum Gasteiger partial charge on any atom is -0.369 e. The summed E-state index contributed by atoms with van der Waals surface area (Å²) in [6.07, 6.45) is 1.57. The maximum atomic E-state index is 5.14. The van der Waals surface area contributed by atoms with E-state index < -0.39 is 0 Å². The molecule has 5 heteroatoms. The zero-order chi connectivity index (χ0) is 10.7.